The van der Waals surface area contributed by atoms with Crippen molar-refractivity contribution in [3.05, 3.63) is 48.2 Å². The van der Waals surface area contributed by atoms with Crippen molar-refractivity contribution in [3.63, 3.8) is 0 Å². The summed E-state index contributed by atoms with van der Waals surface area (Å²) in [5, 5.41) is 8.67. The van der Waals surface area contributed by atoms with Crippen LogP contribution in [0.3, 0.4) is 0 Å². The van der Waals surface area contributed by atoms with E-state index in [2.05, 4.69) is 27.0 Å². The number of furan rings is 1. The molecule has 0 aromatic carbocycles. The van der Waals surface area contributed by atoms with Crippen molar-refractivity contribution in [1.29, 1.82) is 0 Å². The number of fused-ring (bicyclic) bond motifs is 1. The minimum absolute atomic E-state index is 0.0395. The molecule has 1 amide bonds. The van der Waals surface area contributed by atoms with Crippen molar-refractivity contribution < 1.29 is 9.21 Å². The van der Waals surface area contributed by atoms with Crippen LogP contribution in [0.1, 0.15) is 42.8 Å². The molecule has 122 valence electrons. The summed E-state index contributed by atoms with van der Waals surface area (Å²) in [4.78, 5) is 20.2. The number of nitrogens with zero attached hydrogens (tertiary/aromatic N) is 4. The van der Waals surface area contributed by atoms with E-state index < -0.39 is 0 Å². The highest BCUT2D eigenvalue weighted by atomic mass is 16.3. The molecule has 7 heteroatoms. The first-order valence-corrected chi connectivity index (χ1v) is 7.85. The minimum Gasteiger partial charge on any atom is -0.459 e. The summed E-state index contributed by atoms with van der Waals surface area (Å²) in [5.74, 6) is 2.27. The molecule has 1 fully saturated rings. The second-order valence-corrected chi connectivity index (χ2v) is 5.98. The van der Waals surface area contributed by atoms with Crippen LogP contribution in [0.25, 0.3) is 5.70 Å². The first kappa shape index (κ1) is 14.6. The quantitative estimate of drug-likeness (QED) is 0.935. The maximum atomic E-state index is 12.2. The molecule has 0 radical (unpaired) electrons. The van der Waals surface area contributed by atoms with Crippen LogP contribution >= 0.6 is 0 Å². The molecule has 0 bridgehead atoms. The Hall–Kier alpha value is -2.96. The molecule has 0 unspecified atom stereocenters. The van der Waals surface area contributed by atoms with E-state index in [1.165, 1.54) is 0 Å². The molecular formula is C17H17N5O2. The lowest BCUT2D eigenvalue weighted by atomic mass is 10.1. The van der Waals surface area contributed by atoms with E-state index in [0.29, 0.717) is 11.6 Å². The van der Waals surface area contributed by atoms with Crippen LogP contribution in [0, 0.1) is 0 Å². The molecule has 3 heterocycles. The lowest BCUT2D eigenvalue weighted by molar-refractivity contribution is -0.116. The Labute approximate surface area is 139 Å². The Morgan fingerprint density at radius 2 is 2.17 bits per heavy atom. The highest BCUT2D eigenvalue weighted by Crippen LogP contribution is 2.43. The molecule has 0 atom stereocenters. The van der Waals surface area contributed by atoms with Gasteiger partial charge in [0.05, 0.1) is 5.70 Å². The molecule has 1 N–H and O–H groups in total. The Morgan fingerprint density at radius 1 is 1.42 bits per heavy atom. The zero-order valence-corrected chi connectivity index (χ0v) is 13.3. The molecule has 0 saturated heterocycles. The average molecular weight is 323 g/mol. The standard InChI is InChI=1S/C17H17N5O2/c1-10-16-13(8-14(24-16)12-4-5-12)11(2)22(21-10)9-15(23)20-17-18-6-3-7-19-17/h3,6-8,12H,2,4-5,9H2,1H3,(H,18,19,20,23). The summed E-state index contributed by atoms with van der Waals surface area (Å²) in [6.45, 7) is 5.98. The number of amides is 1. The van der Waals surface area contributed by atoms with Gasteiger partial charge in [-0.15, -0.1) is 0 Å². The second-order valence-electron chi connectivity index (χ2n) is 5.98. The molecule has 2 aliphatic rings. The van der Waals surface area contributed by atoms with Gasteiger partial charge in [0.15, 0.2) is 5.76 Å². The monoisotopic (exact) mass is 323 g/mol. The van der Waals surface area contributed by atoms with Crippen molar-refractivity contribution in [2.24, 2.45) is 5.10 Å². The summed E-state index contributed by atoms with van der Waals surface area (Å²) in [6.07, 6.45) is 5.47. The summed E-state index contributed by atoms with van der Waals surface area (Å²) < 4.78 is 5.92. The van der Waals surface area contributed by atoms with E-state index in [0.717, 1.165) is 35.6 Å². The van der Waals surface area contributed by atoms with Crippen LogP contribution in [0.5, 0.6) is 0 Å². The van der Waals surface area contributed by atoms with E-state index in [-0.39, 0.29) is 18.4 Å². The highest BCUT2D eigenvalue weighted by molar-refractivity contribution is 6.03. The molecule has 2 aromatic heterocycles. The zero-order valence-electron chi connectivity index (χ0n) is 13.3. The Bertz CT molecular complexity index is 836. The number of anilines is 1. The third-order valence-corrected chi connectivity index (χ3v) is 4.06. The van der Waals surface area contributed by atoms with Crippen LogP contribution in [-0.2, 0) is 4.79 Å². The predicted octanol–water partition coefficient (Wildman–Crippen LogP) is 2.60. The topological polar surface area (TPSA) is 83.6 Å². The fourth-order valence-corrected chi connectivity index (χ4v) is 2.68. The number of hydrogen-bond donors (Lipinski definition) is 1. The third-order valence-electron chi connectivity index (χ3n) is 4.06. The SMILES string of the molecule is C=C1c2cc(C3CC3)oc2C(C)=NN1CC(=O)Nc1ncccn1. The molecule has 0 spiro atoms. The fraction of sp³-hybridized carbons (Fsp3) is 0.294. The number of hydrogen-bond acceptors (Lipinski definition) is 6. The molecule has 1 saturated carbocycles. The van der Waals surface area contributed by atoms with Gasteiger partial charge in [0.25, 0.3) is 0 Å². The van der Waals surface area contributed by atoms with Gasteiger partial charge in [0.2, 0.25) is 11.9 Å². The Balaban J connectivity index is 1.50. The Kier molecular flexibility index (Phi) is 3.41. The maximum absolute atomic E-state index is 12.2. The second kappa shape index (κ2) is 5.59. The van der Waals surface area contributed by atoms with Gasteiger partial charge in [-0.05, 0) is 31.9 Å². The van der Waals surface area contributed by atoms with Gasteiger partial charge in [-0.3, -0.25) is 15.1 Å². The van der Waals surface area contributed by atoms with Crippen LogP contribution in [-0.4, -0.2) is 33.1 Å². The molecule has 7 nitrogen and oxygen atoms in total. The van der Waals surface area contributed by atoms with Crippen molar-refractivity contribution >= 4 is 23.3 Å². The fourth-order valence-electron chi connectivity index (χ4n) is 2.68. The van der Waals surface area contributed by atoms with Crippen LogP contribution in [0.15, 0.2) is 40.6 Å². The van der Waals surface area contributed by atoms with Gasteiger partial charge < -0.3 is 4.42 Å². The normalized spacial score (nSPS) is 16.6. The van der Waals surface area contributed by atoms with Gasteiger partial charge in [0, 0.05) is 23.9 Å². The third kappa shape index (κ3) is 2.68. The van der Waals surface area contributed by atoms with Crippen molar-refractivity contribution in [2.75, 3.05) is 11.9 Å². The lowest BCUT2D eigenvalue weighted by Crippen LogP contribution is -2.31. The smallest absolute Gasteiger partial charge is 0.248 e. The molecule has 1 aliphatic heterocycles. The number of carbonyl (C=O) groups is 1. The van der Waals surface area contributed by atoms with E-state index in [1.54, 1.807) is 23.5 Å². The first-order chi connectivity index (χ1) is 11.6. The van der Waals surface area contributed by atoms with E-state index in [9.17, 15) is 4.79 Å². The summed E-state index contributed by atoms with van der Waals surface area (Å²) >= 11 is 0. The van der Waals surface area contributed by atoms with Crippen LogP contribution < -0.4 is 5.32 Å². The van der Waals surface area contributed by atoms with Crippen molar-refractivity contribution in [1.82, 2.24) is 15.0 Å². The van der Waals surface area contributed by atoms with Gasteiger partial charge >= 0.3 is 0 Å². The van der Waals surface area contributed by atoms with Gasteiger partial charge in [-0.25, -0.2) is 9.97 Å². The molecule has 1 aliphatic carbocycles. The predicted molar refractivity (Wildman–Crippen MR) is 89.3 cm³/mol. The summed E-state index contributed by atoms with van der Waals surface area (Å²) in [5.41, 5.74) is 2.32. The number of carbonyl (C=O) groups excluding carboxylic acids is 1. The largest absolute Gasteiger partial charge is 0.459 e. The van der Waals surface area contributed by atoms with Crippen molar-refractivity contribution in [2.45, 2.75) is 25.7 Å². The number of nitrogens with one attached hydrogen (secondary N) is 1. The number of hydrazone groups is 1. The van der Waals surface area contributed by atoms with Crippen LogP contribution in [0.2, 0.25) is 0 Å². The van der Waals surface area contributed by atoms with E-state index in [4.69, 9.17) is 4.42 Å². The molecular weight excluding hydrogens is 306 g/mol. The molecule has 4 rings (SSSR count). The number of rotatable bonds is 4. The van der Waals surface area contributed by atoms with Gasteiger partial charge in [-0.1, -0.05) is 6.58 Å². The summed E-state index contributed by atoms with van der Waals surface area (Å²) in [7, 11) is 0. The summed E-state index contributed by atoms with van der Waals surface area (Å²) in [6, 6.07) is 3.71. The Morgan fingerprint density at radius 3 is 2.88 bits per heavy atom. The highest BCUT2D eigenvalue weighted by Gasteiger charge is 2.32. The van der Waals surface area contributed by atoms with Crippen molar-refractivity contribution in [3.8, 4) is 0 Å². The lowest BCUT2D eigenvalue weighted by Gasteiger charge is -2.25. The van der Waals surface area contributed by atoms with E-state index in [1.807, 2.05) is 13.0 Å². The molecule has 2 aromatic rings. The minimum atomic E-state index is -0.256. The zero-order chi connectivity index (χ0) is 16.7. The van der Waals surface area contributed by atoms with Gasteiger partial charge in [-0.2, -0.15) is 5.10 Å². The van der Waals surface area contributed by atoms with Crippen LogP contribution in [0.4, 0.5) is 5.95 Å². The van der Waals surface area contributed by atoms with Gasteiger partial charge in [0.1, 0.15) is 18.0 Å². The maximum Gasteiger partial charge on any atom is 0.248 e. The molecule has 24 heavy (non-hydrogen) atoms. The average Bonchev–Trinajstić information content (AvgIpc) is 3.31. The van der Waals surface area contributed by atoms with E-state index >= 15 is 0 Å². The first-order valence-electron chi connectivity index (χ1n) is 7.85. The number of aromatic nitrogens is 2.